The molecule has 0 saturated heterocycles. The Hall–Kier alpha value is -1.11. The molecule has 0 aliphatic carbocycles. The van der Waals surface area contributed by atoms with E-state index in [2.05, 4.69) is 13.8 Å². The summed E-state index contributed by atoms with van der Waals surface area (Å²) in [4.78, 5) is 10.6. The highest BCUT2D eigenvalue weighted by molar-refractivity contribution is 5.93. The number of Topliss-reactive ketones (excluding diaryl/α,β-unsaturated/α-hetero) is 1. The van der Waals surface area contributed by atoms with Gasteiger partial charge in [0.2, 0.25) is 0 Å². The minimum absolute atomic E-state index is 0.121. The molecule has 0 atom stereocenters. The van der Waals surface area contributed by atoms with Crippen LogP contribution in [0.25, 0.3) is 0 Å². The maximum absolute atomic E-state index is 10.6. The Morgan fingerprint density at radius 3 is 1.79 bits per heavy atom. The molecule has 1 heteroatoms. The second-order valence-electron chi connectivity index (χ2n) is 3.28. The largest absolute Gasteiger partial charge is 0.295 e. The molecule has 0 amide bonds. The normalized spacial score (nSPS) is 8.79. The number of carbonyl (C=O) groups excluding carboxylic acids is 1. The summed E-state index contributed by atoms with van der Waals surface area (Å²) in [5, 5.41) is 0. The Morgan fingerprint density at radius 2 is 1.57 bits per heavy atom. The average Bonchev–Trinajstić information content (AvgIpc) is 2.21. The molecule has 0 aromatic heterocycles. The van der Waals surface area contributed by atoms with Crippen molar-refractivity contribution in [2.75, 3.05) is 0 Å². The van der Waals surface area contributed by atoms with E-state index in [4.69, 9.17) is 0 Å². The first-order valence-electron chi connectivity index (χ1n) is 5.28. The number of carbonyl (C=O) groups is 1. The molecule has 0 fully saturated rings. The summed E-state index contributed by atoms with van der Waals surface area (Å²) in [5.74, 6) is 0.121. The third-order valence-corrected chi connectivity index (χ3v) is 1.89. The molecule has 0 spiro atoms. The fourth-order valence-electron chi connectivity index (χ4n) is 1.03. The minimum atomic E-state index is 0.121. The van der Waals surface area contributed by atoms with E-state index in [0.29, 0.717) is 0 Å². The molecule has 14 heavy (non-hydrogen) atoms. The van der Waals surface area contributed by atoms with Gasteiger partial charge in [-0.3, -0.25) is 4.79 Å². The number of unbranched alkanes of at least 4 members (excludes halogenated alkanes) is 2. The highest BCUT2D eigenvalue weighted by Gasteiger charge is 1.92. The second-order valence-corrected chi connectivity index (χ2v) is 3.28. The lowest BCUT2D eigenvalue weighted by atomic mass is 10.2. The van der Waals surface area contributed by atoms with Crippen LogP contribution in [0.1, 0.15) is 50.4 Å². The van der Waals surface area contributed by atoms with Gasteiger partial charge in [0.05, 0.1) is 0 Å². The van der Waals surface area contributed by atoms with E-state index in [1.165, 1.54) is 19.3 Å². The zero-order chi connectivity index (χ0) is 10.8. The predicted octanol–water partition coefficient (Wildman–Crippen LogP) is 4.09. The maximum atomic E-state index is 10.6. The van der Waals surface area contributed by atoms with Crippen molar-refractivity contribution in [3.05, 3.63) is 35.9 Å². The third-order valence-electron chi connectivity index (χ3n) is 1.89. The minimum Gasteiger partial charge on any atom is -0.295 e. The van der Waals surface area contributed by atoms with Gasteiger partial charge in [-0.2, -0.15) is 0 Å². The predicted molar refractivity (Wildman–Crippen MR) is 61.6 cm³/mol. The topological polar surface area (TPSA) is 17.1 Å². The first-order chi connectivity index (χ1) is 6.72. The van der Waals surface area contributed by atoms with E-state index in [9.17, 15) is 4.79 Å². The summed E-state index contributed by atoms with van der Waals surface area (Å²) < 4.78 is 0. The Kier molecular flexibility index (Phi) is 7.81. The van der Waals surface area contributed by atoms with Crippen molar-refractivity contribution >= 4 is 5.78 Å². The van der Waals surface area contributed by atoms with E-state index in [0.717, 1.165) is 5.56 Å². The van der Waals surface area contributed by atoms with Crippen LogP contribution >= 0.6 is 0 Å². The van der Waals surface area contributed by atoms with Crippen LogP contribution in [0.2, 0.25) is 0 Å². The Labute approximate surface area is 87.2 Å². The van der Waals surface area contributed by atoms with Crippen LogP contribution < -0.4 is 0 Å². The quantitative estimate of drug-likeness (QED) is 0.659. The molecule has 1 rings (SSSR count). The molecule has 0 N–H and O–H groups in total. The van der Waals surface area contributed by atoms with Crippen LogP contribution in [0.5, 0.6) is 0 Å². The summed E-state index contributed by atoms with van der Waals surface area (Å²) >= 11 is 0. The summed E-state index contributed by atoms with van der Waals surface area (Å²) in [6, 6.07) is 9.23. The zero-order valence-corrected chi connectivity index (χ0v) is 9.42. The van der Waals surface area contributed by atoms with Crippen molar-refractivity contribution in [1.82, 2.24) is 0 Å². The number of benzene rings is 1. The van der Waals surface area contributed by atoms with E-state index in [1.807, 2.05) is 30.3 Å². The number of ketones is 1. The van der Waals surface area contributed by atoms with Crippen molar-refractivity contribution < 1.29 is 4.79 Å². The molecule has 0 bridgehead atoms. The van der Waals surface area contributed by atoms with Gasteiger partial charge in [-0.05, 0) is 6.92 Å². The molecule has 0 aliphatic rings. The van der Waals surface area contributed by atoms with Gasteiger partial charge in [0.25, 0.3) is 0 Å². The van der Waals surface area contributed by atoms with E-state index in [1.54, 1.807) is 6.92 Å². The molecular formula is C13H20O. The second kappa shape index (κ2) is 8.49. The smallest absolute Gasteiger partial charge is 0.159 e. The van der Waals surface area contributed by atoms with Crippen molar-refractivity contribution in [3.8, 4) is 0 Å². The molecule has 0 heterocycles. The van der Waals surface area contributed by atoms with Gasteiger partial charge >= 0.3 is 0 Å². The Bertz CT molecular complexity index is 237. The van der Waals surface area contributed by atoms with Gasteiger partial charge in [-0.15, -0.1) is 0 Å². The van der Waals surface area contributed by atoms with Crippen LogP contribution in [0.15, 0.2) is 30.3 Å². The summed E-state index contributed by atoms with van der Waals surface area (Å²) in [5.41, 5.74) is 0.775. The molecule has 1 aromatic rings. The van der Waals surface area contributed by atoms with Crippen molar-refractivity contribution in [2.45, 2.75) is 40.0 Å². The number of hydrogen-bond donors (Lipinski definition) is 0. The lowest BCUT2D eigenvalue weighted by Gasteiger charge is -1.89. The van der Waals surface area contributed by atoms with Crippen molar-refractivity contribution in [2.24, 2.45) is 0 Å². The fraction of sp³-hybridized carbons (Fsp3) is 0.462. The standard InChI is InChI=1S/C8H8O.C5H12/c1-7(9)8-5-3-2-4-6-8;1-3-5-4-2/h2-6H,1H3;3-5H2,1-2H3. The third kappa shape index (κ3) is 6.41. The van der Waals surface area contributed by atoms with Crippen LogP contribution in [-0.2, 0) is 0 Å². The lowest BCUT2D eigenvalue weighted by Crippen LogP contribution is -1.88. The average molecular weight is 192 g/mol. The maximum Gasteiger partial charge on any atom is 0.159 e. The van der Waals surface area contributed by atoms with E-state index < -0.39 is 0 Å². The van der Waals surface area contributed by atoms with Gasteiger partial charge in [0, 0.05) is 5.56 Å². The molecule has 1 aromatic carbocycles. The lowest BCUT2D eigenvalue weighted by molar-refractivity contribution is 0.101. The van der Waals surface area contributed by atoms with Gasteiger partial charge in [0.15, 0.2) is 5.78 Å². The fourth-order valence-corrected chi connectivity index (χ4v) is 1.03. The Morgan fingerprint density at radius 1 is 1.07 bits per heavy atom. The first-order valence-corrected chi connectivity index (χ1v) is 5.28. The van der Waals surface area contributed by atoms with Gasteiger partial charge in [0.1, 0.15) is 0 Å². The molecule has 0 radical (unpaired) electrons. The number of hydrogen-bond acceptors (Lipinski definition) is 1. The number of rotatable bonds is 3. The Balaban J connectivity index is 0.000000292. The van der Waals surface area contributed by atoms with Crippen LogP contribution in [0.3, 0.4) is 0 Å². The van der Waals surface area contributed by atoms with Crippen LogP contribution in [-0.4, -0.2) is 5.78 Å². The van der Waals surface area contributed by atoms with Gasteiger partial charge < -0.3 is 0 Å². The van der Waals surface area contributed by atoms with Gasteiger partial charge in [-0.25, -0.2) is 0 Å². The molecule has 78 valence electrons. The van der Waals surface area contributed by atoms with E-state index in [-0.39, 0.29) is 5.78 Å². The monoisotopic (exact) mass is 192 g/mol. The van der Waals surface area contributed by atoms with Crippen molar-refractivity contribution in [3.63, 3.8) is 0 Å². The summed E-state index contributed by atoms with van der Waals surface area (Å²) in [6.07, 6.45) is 4.08. The van der Waals surface area contributed by atoms with Crippen molar-refractivity contribution in [1.29, 1.82) is 0 Å². The first kappa shape index (κ1) is 12.9. The molecule has 0 saturated carbocycles. The molecule has 0 aliphatic heterocycles. The highest BCUT2D eigenvalue weighted by atomic mass is 16.1. The van der Waals surface area contributed by atoms with Crippen LogP contribution in [0.4, 0.5) is 0 Å². The highest BCUT2D eigenvalue weighted by Crippen LogP contribution is 1.97. The molecule has 0 unspecified atom stereocenters. The van der Waals surface area contributed by atoms with Gasteiger partial charge in [-0.1, -0.05) is 63.4 Å². The van der Waals surface area contributed by atoms with Crippen LogP contribution in [0, 0.1) is 0 Å². The zero-order valence-electron chi connectivity index (χ0n) is 9.42. The molecular weight excluding hydrogens is 172 g/mol. The summed E-state index contributed by atoms with van der Waals surface area (Å²) in [6.45, 7) is 5.99. The van der Waals surface area contributed by atoms with E-state index >= 15 is 0 Å². The SMILES string of the molecule is CC(=O)c1ccccc1.CCCCC. The molecule has 1 nitrogen and oxygen atoms in total. The summed E-state index contributed by atoms with van der Waals surface area (Å²) in [7, 11) is 0.